The largest absolute Gasteiger partial charge is 0.465 e. The van der Waals surface area contributed by atoms with Crippen LogP contribution in [0.15, 0.2) is 24.7 Å². The summed E-state index contributed by atoms with van der Waals surface area (Å²) in [6, 6.07) is 3.16. The number of carbonyl (C=O) groups is 1. The highest BCUT2D eigenvalue weighted by Gasteiger charge is 2.09. The molecule has 0 saturated heterocycles. The molecule has 88 valence electrons. The number of hydrogen-bond donors (Lipinski definition) is 0. The fraction of sp³-hybridized carbons (Fsp3) is 0.200. The molecule has 0 aromatic carbocycles. The fourth-order valence-corrected chi connectivity index (χ4v) is 1.17. The second-order valence-electron chi connectivity index (χ2n) is 3.18. The third kappa shape index (κ3) is 2.57. The second-order valence-corrected chi connectivity index (χ2v) is 3.18. The highest BCUT2D eigenvalue weighted by molar-refractivity contribution is 5.89. The second kappa shape index (κ2) is 4.60. The van der Waals surface area contributed by atoms with E-state index >= 15 is 0 Å². The summed E-state index contributed by atoms with van der Waals surface area (Å²) in [5, 5.41) is 3.93. The Morgan fingerprint density at radius 3 is 2.88 bits per heavy atom. The van der Waals surface area contributed by atoms with Crippen molar-refractivity contribution in [3.63, 3.8) is 0 Å². The van der Waals surface area contributed by atoms with Gasteiger partial charge in [-0.3, -0.25) is 4.68 Å². The van der Waals surface area contributed by atoms with Crippen molar-refractivity contribution in [3.05, 3.63) is 30.2 Å². The summed E-state index contributed by atoms with van der Waals surface area (Å²) in [6.07, 6.45) is 2.95. The zero-order chi connectivity index (χ0) is 12.3. The average molecular weight is 234 g/mol. The van der Waals surface area contributed by atoms with Gasteiger partial charge in [-0.2, -0.15) is 4.98 Å². The summed E-state index contributed by atoms with van der Waals surface area (Å²) >= 11 is 0. The Balaban J connectivity index is 2.19. The van der Waals surface area contributed by atoms with Crippen LogP contribution in [0.2, 0.25) is 0 Å². The Kier molecular flexibility index (Phi) is 2.99. The summed E-state index contributed by atoms with van der Waals surface area (Å²) < 4.78 is 11.4. The molecule has 2 aromatic heterocycles. The van der Waals surface area contributed by atoms with E-state index in [2.05, 4.69) is 19.8 Å². The van der Waals surface area contributed by atoms with Gasteiger partial charge in [0.15, 0.2) is 0 Å². The maximum Gasteiger partial charge on any atom is 0.342 e. The Morgan fingerprint density at radius 1 is 1.41 bits per heavy atom. The van der Waals surface area contributed by atoms with E-state index in [-0.39, 0.29) is 11.9 Å². The predicted molar refractivity (Wildman–Crippen MR) is 56.7 cm³/mol. The first-order valence-corrected chi connectivity index (χ1v) is 4.77. The van der Waals surface area contributed by atoms with Crippen LogP contribution in [0.25, 0.3) is 0 Å². The molecule has 0 unspecified atom stereocenters. The molecule has 0 fully saturated rings. The molecule has 0 N–H and O–H groups in total. The van der Waals surface area contributed by atoms with Gasteiger partial charge in [-0.15, -0.1) is 5.10 Å². The summed E-state index contributed by atoms with van der Waals surface area (Å²) in [5.74, 6) is -0.217. The van der Waals surface area contributed by atoms with E-state index in [1.807, 2.05) is 0 Å². The van der Waals surface area contributed by atoms with E-state index < -0.39 is 5.97 Å². The first-order chi connectivity index (χ1) is 8.19. The summed E-state index contributed by atoms with van der Waals surface area (Å²) in [6.45, 7) is 0. The first-order valence-electron chi connectivity index (χ1n) is 4.77. The SMILES string of the molecule is COC(=O)c1ccnc(Oc2ncn(C)n2)c1. The third-order valence-electron chi connectivity index (χ3n) is 1.93. The van der Waals surface area contributed by atoms with Gasteiger partial charge in [0, 0.05) is 19.3 Å². The van der Waals surface area contributed by atoms with Gasteiger partial charge in [-0.1, -0.05) is 0 Å². The van der Waals surface area contributed by atoms with Crippen molar-refractivity contribution < 1.29 is 14.3 Å². The lowest BCUT2D eigenvalue weighted by molar-refractivity contribution is 0.0600. The Morgan fingerprint density at radius 2 is 2.24 bits per heavy atom. The summed E-state index contributed by atoms with van der Waals surface area (Å²) in [5.41, 5.74) is 0.355. The molecule has 0 aliphatic rings. The van der Waals surface area contributed by atoms with Crippen LogP contribution in [-0.2, 0) is 11.8 Å². The van der Waals surface area contributed by atoms with E-state index in [4.69, 9.17) is 4.74 Å². The van der Waals surface area contributed by atoms with Crippen LogP contribution in [-0.4, -0.2) is 32.8 Å². The molecule has 2 aromatic rings. The first kappa shape index (κ1) is 11.1. The van der Waals surface area contributed by atoms with E-state index in [1.54, 1.807) is 7.05 Å². The Hall–Kier alpha value is -2.44. The molecule has 7 nitrogen and oxygen atoms in total. The van der Waals surface area contributed by atoms with Crippen molar-refractivity contribution >= 4 is 5.97 Å². The minimum atomic E-state index is -0.453. The minimum Gasteiger partial charge on any atom is -0.465 e. The quantitative estimate of drug-likeness (QED) is 0.730. The molecular formula is C10H10N4O3. The number of rotatable bonds is 3. The van der Waals surface area contributed by atoms with E-state index in [9.17, 15) is 4.79 Å². The standard InChI is InChI=1S/C10H10N4O3/c1-14-6-12-10(13-14)17-8-5-7(3-4-11-8)9(15)16-2/h3-6H,1-2H3. The number of hydrogen-bond acceptors (Lipinski definition) is 6. The molecule has 0 amide bonds. The highest BCUT2D eigenvalue weighted by Crippen LogP contribution is 2.15. The normalized spacial score (nSPS) is 10.0. The lowest BCUT2D eigenvalue weighted by atomic mass is 10.3. The number of carbonyl (C=O) groups excluding carboxylic acids is 1. The van der Waals surface area contributed by atoms with Crippen molar-refractivity contribution in [2.75, 3.05) is 7.11 Å². The average Bonchev–Trinajstić information content (AvgIpc) is 2.74. The molecule has 0 spiro atoms. The van der Waals surface area contributed by atoms with Crippen LogP contribution in [0.4, 0.5) is 0 Å². The molecule has 0 atom stereocenters. The van der Waals surface area contributed by atoms with Crippen LogP contribution in [0, 0.1) is 0 Å². The van der Waals surface area contributed by atoms with Gasteiger partial charge >= 0.3 is 12.0 Å². The van der Waals surface area contributed by atoms with Crippen molar-refractivity contribution in [1.29, 1.82) is 0 Å². The zero-order valence-corrected chi connectivity index (χ0v) is 9.32. The minimum absolute atomic E-state index is 0.169. The van der Waals surface area contributed by atoms with Crippen LogP contribution in [0.3, 0.4) is 0 Å². The van der Waals surface area contributed by atoms with Gasteiger partial charge in [-0.05, 0) is 6.07 Å². The monoisotopic (exact) mass is 234 g/mol. The van der Waals surface area contributed by atoms with Gasteiger partial charge in [0.05, 0.1) is 12.7 Å². The Bertz CT molecular complexity index is 538. The number of esters is 1. The molecule has 0 aliphatic heterocycles. The van der Waals surface area contributed by atoms with Gasteiger partial charge < -0.3 is 9.47 Å². The molecule has 0 bridgehead atoms. The van der Waals surface area contributed by atoms with Crippen LogP contribution >= 0.6 is 0 Å². The van der Waals surface area contributed by atoms with E-state index in [0.717, 1.165) is 0 Å². The molecule has 0 saturated carbocycles. The molecule has 2 heterocycles. The van der Waals surface area contributed by atoms with Crippen molar-refractivity contribution in [1.82, 2.24) is 19.7 Å². The Labute approximate surface area is 97.0 Å². The molecule has 7 heteroatoms. The van der Waals surface area contributed by atoms with Crippen LogP contribution < -0.4 is 4.74 Å². The van der Waals surface area contributed by atoms with Crippen molar-refractivity contribution in [2.24, 2.45) is 7.05 Å². The van der Waals surface area contributed by atoms with E-state index in [0.29, 0.717) is 5.56 Å². The number of pyridine rings is 1. The number of aromatic nitrogens is 4. The number of methoxy groups -OCH3 is 1. The molecule has 17 heavy (non-hydrogen) atoms. The maximum atomic E-state index is 11.3. The number of nitrogens with zero attached hydrogens (tertiary/aromatic N) is 4. The number of aryl methyl sites for hydroxylation is 1. The number of ether oxygens (including phenoxy) is 2. The van der Waals surface area contributed by atoms with Crippen molar-refractivity contribution in [2.45, 2.75) is 0 Å². The van der Waals surface area contributed by atoms with Gasteiger partial charge in [0.25, 0.3) is 0 Å². The molecular weight excluding hydrogens is 224 g/mol. The van der Waals surface area contributed by atoms with E-state index in [1.165, 1.54) is 36.4 Å². The molecule has 0 radical (unpaired) electrons. The van der Waals surface area contributed by atoms with Gasteiger partial charge in [0.1, 0.15) is 6.33 Å². The van der Waals surface area contributed by atoms with Gasteiger partial charge in [0.2, 0.25) is 5.88 Å². The lowest BCUT2D eigenvalue weighted by Gasteiger charge is -2.02. The van der Waals surface area contributed by atoms with Crippen LogP contribution in [0.1, 0.15) is 10.4 Å². The predicted octanol–water partition coefficient (Wildman–Crippen LogP) is 0.789. The molecule has 2 rings (SSSR count). The summed E-state index contributed by atoms with van der Waals surface area (Å²) in [4.78, 5) is 19.1. The zero-order valence-electron chi connectivity index (χ0n) is 9.32. The lowest BCUT2D eigenvalue weighted by Crippen LogP contribution is -2.02. The fourth-order valence-electron chi connectivity index (χ4n) is 1.17. The molecule has 0 aliphatic carbocycles. The van der Waals surface area contributed by atoms with Crippen LogP contribution in [0.5, 0.6) is 11.9 Å². The third-order valence-corrected chi connectivity index (χ3v) is 1.93. The maximum absolute atomic E-state index is 11.3. The smallest absolute Gasteiger partial charge is 0.342 e. The van der Waals surface area contributed by atoms with Gasteiger partial charge in [-0.25, -0.2) is 9.78 Å². The highest BCUT2D eigenvalue weighted by atomic mass is 16.5. The van der Waals surface area contributed by atoms with Crippen molar-refractivity contribution in [3.8, 4) is 11.9 Å². The summed E-state index contributed by atoms with van der Waals surface area (Å²) in [7, 11) is 3.03. The topological polar surface area (TPSA) is 79.1 Å².